The molecule has 0 amide bonds. The maximum absolute atomic E-state index is 12.4. The highest BCUT2D eigenvalue weighted by atomic mass is 19.4. The predicted molar refractivity (Wildman–Crippen MR) is 75.5 cm³/mol. The van der Waals surface area contributed by atoms with E-state index in [-0.39, 0.29) is 24.5 Å². The molecule has 0 spiro atoms. The van der Waals surface area contributed by atoms with Crippen molar-refractivity contribution in [2.45, 2.75) is 45.0 Å². The van der Waals surface area contributed by atoms with Crippen LogP contribution >= 0.6 is 0 Å². The number of carboxylic acid groups (broad SMARTS) is 1. The van der Waals surface area contributed by atoms with Gasteiger partial charge in [-0.05, 0) is 37.3 Å². The van der Waals surface area contributed by atoms with Gasteiger partial charge in [0.1, 0.15) is 11.3 Å². The van der Waals surface area contributed by atoms with Gasteiger partial charge in [0.15, 0.2) is 0 Å². The summed E-state index contributed by atoms with van der Waals surface area (Å²) < 4.78 is 41.2. The Morgan fingerprint density at radius 1 is 1.36 bits per heavy atom. The number of nitrogens with two attached hydrogens (primary N) is 1. The molecule has 1 aromatic rings. The van der Waals surface area contributed by atoms with Gasteiger partial charge in [-0.15, -0.1) is 13.2 Å². The van der Waals surface area contributed by atoms with Crippen LogP contribution in [0.1, 0.15) is 32.3 Å². The molecule has 0 radical (unpaired) electrons. The maximum Gasteiger partial charge on any atom is 0.573 e. The molecule has 2 unspecified atom stereocenters. The lowest BCUT2D eigenvalue weighted by molar-refractivity contribution is -0.274. The van der Waals surface area contributed by atoms with E-state index >= 15 is 0 Å². The topological polar surface area (TPSA) is 72.5 Å². The van der Waals surface area contributed by atoms with Crippen molar-refractivity contribution in [3.8, 4) is 5.75 Å². The molecule has 0 aliphatic rings. The molecule has 0 heterocycles. The van der Waals surface area contributed by atoms with Crippen molar-refractivity contribution >= 4 is 5.97 Å². The molecule has 0 aromatic heterocycles. The normalized spacial score (nSPS) is 15.9. The smallest absolute Gasteiger partial charge is 0.480 e. The number of hydrogen-bond acceptors (Lipinski definition) is 3. The first kappa shape index (κ1) is 18.3. The van der Waals surface area contributed by atoms with E-state index in [4.69, 9.17) is 10.8 Å². The standard InChI is InChI=1S/C15H20F3NO3/c1-3-10(9-14(2,19)13(20)21)8-11-6-4-5-7-12(11)22-15(16,17)18/h4-7,10H,3,8-9,19H2,1-2H3,(H,20,21). The van der Waals surface area contributed by atoms with Crippen LogP contribution in [-0.4, -0.2) is 23.0 Å². The van der Waals surface area contributed by atoms with E-state index in [2.05, 4.69) is 4.74 Å². The van der Waals surface area contributed by atoms with Gasteiger partial charge in [0.2, 0.25) is 0 Å². The largest absolute Gasteiger partial charge is 0.573 e. The average Bonchev–Trinajstić information content (AvgIpc) is 2.38. The maximum atomic E-state index is 12.4. The molecule has 1 rings (SSSR count). The van der Waals surface area contributed by atoms with Crippen LogP contribution in [0.15, 0.2) is 24.3 Å². The Hall–Kier alpha value is -1.76. The summed E-state index contributed by atoms with van der Waals surface area (Å²) >= 11 is 0. The first-order chi connectivity index (χ1) is 10.0. The minimum absolute atomic E-state index is 0.163. The highest BCUT2D eigenvalue weighted by Gasteiger charge is 2.33. The van der Waals surface area contributed by atoms with E-state index in [9.17, 15) is 18.0 Å². The van der Waals surface area contributed by atoms with Gasteiger partial charge in [0.05, 0.1) is 0 Å². The molecule has 4 nitrogen and oxygen atoms in total. The van der Waals surface area contributed by atoms with Gasteiger partial charge >= 0.3 is 12.3 Å². The number of para-hydroxylation sites is 1. The molecule has 7 heteroatoms. The molecule has 0 saturated carbocycles. The Morgan fingerprint density at radius 3 is 2.45 bits per heavy atom. The van der Waals surface area contributed by atoms with Gasteiger partial charge in [-0.1, -0.05) is 31.5 Å². The number of aliphatic carboxylic acids is 1. The quantitative estimate of drug-likeness (QED) is 0.808. The summed E-state index contributed by atoms with van der Waals surface area (Å²) in [7, 11) is 0. The van der Waals surface area contributed by atoms with Crippen LogP contribution in [0.25, 0.3) is 0 Å². The predicted octanol–water partition coefficient (Wildman–Crippen LogP) is 3.35. The first-order valence-corrected chi connectivity index (χ1v) is 6.91. The van der Waals surface area contributed by atoms with Crippen LogP contribution < -0.4 is 10.5 Å². The average molecular weight is 319 g/mol. The number of hydrogen-bond donors (Lipinski definition) is 2. The molecule has 0 saturated heterocycles. The summed E-state index contributed by atoms with van der Waals surface area (Å²) in [5, 5.41) is 9.06. The van der Waals surface area contributed by atoms with Crippen LogP contribution in [0.2, 0.25) is 0 Å². The third kappa shape index (κ3) is 5.55. The second-order valence-corrected chi connectivity index (χ2v) is 5.56. The van der Waals surface area contributed by atoms with Gasteiger partial charge in [0.25, 0.3) is 0 Å². The third-order valence-corrected chi connectivity index (χ3v) is 3.49. The number of rotatable bonds is 7. The molecule has 124 valence electrons. The Kier molecular flexibility index (Phi) is 5.82. The van der Waals surface area contributed by atoms with Crippen LogP contribution in [0.4, 0.5) is 13.2 Å². The van der Waals surface area contributed by atoms with Crippen molar-refractivity contribution in [1.29, 1.82) is 0 Å². The Labute approximate surface area is 127 Å². The van der Waals surface area contributed by atoms with Crippen LogP contribution in [0.3, 0.4) is 0 Å². The fraction of sp³-hybridized carbons (Fsp3) is 0.533. The zero-order chi connectivity index (χ0) is 17.0. The minimum atomic E-state index is -4.76. The van der Waals surface area contributed by atoms with E-state index in [0.717, 1.165) is 0 Å². The van der Waals surface area contributed by atoms with E-state index in [1.807, 2.05) is 6.92 Å². The first-order valence-electron chi connectivity index (χ1n) is 6.91. The van der Waals surface area contributed by atoms with Gasteiger partial charge < -0.3 is 15.6 Å². The Bertz CT molecular complexity index is 515. The van der Waals surface area contributed by atoms with E-state index in [1.54, 1.807) is 12.1 Å². The fourth-order valence-corrected chi connectivity index (χ4v) is 2.26. The van der Waals surface area contributed by atoms with Crippen LogP contribution in [-0.2, 0) is 11.2 Å². The monoisotopic (exact) mass is 319 g/mol. The zero-order valence-corrected chi connectivity index (χ0v) is 12.5. The molecular weight excluding hydrogens is 299 g/mol. The molecule has 0 aliphatic heterocycles. The number of carbonyl (C=O) groups is 1. The second kappa shape index (κ2) is 7.00. The van der Waals surface area contributed by atoms with Crippen molar-refractivity contribution in [1.82, 2.24) is 0 Å². The van der Waals surface area contributed by atoms with E-state index < -0.39 is 17.9 Å². The Balaban J connectivity index is 2.90. The van der Waals surface area contributed by atoms with Crippen molar-refractivity contribution in [3.05, 3.63) is 29.8 Å². The molecule has 1 aromatic carbocycles. The number of carboxylic acids is 1. The highest BCUT2D eigenvalue weighted by Crippen LogP contribution is 2.30. The summed E-state index contributed by atoms with van der Waals surface area (Å²) in [5.74, 6) is -1.56. The van der Waals surface area contributed by atoms with Crippen LogP contribution in [0, 0.1) is 5.92 Å². The molecule has 2 atom stereocenters. The zero-order valence-electron chi connectivity index (χ0n) is 12.5. The lowest BCUT2D eigenvalue weighted by Crippen LogP contribution is -2.46. The van der Waals surface area contributed by atoms with Gasteiger partial charge in [-0.2, -0.15) is 0 Å². The number of alkyl halides is 3. The lowest BCUT2D eigenvalue weighted by Gasteiger charge is -2.26. The van der Waals surface area contributed by atoms with Crippen molar-refractivity contribution in [3.63, 3.8) is 0 Å². The van der Waals surface area contributed by atoms with Crippen molar-refractivity contribution in [2.75, 3.05) is 0 Å². The SMILES string of the molecule is CCC(Cc1ccccc1OC(F)(F)F)CC(C)(N)C(=O)O. The molecule has 22 heavy (non-hydrogen) atoms. The summed E-state index contributed by atoms with van der Waals surface area (Å²) in [5.41, 5.74) is 4.68. The van der Waals surface area contributed by atoms with E-state index in [1.165, 1.54) is 19.1 Å². The molecule has 3 N–H and O–H groups in total. The summed E-state index contributed by atoms with van der Waals surface area (Å²) in [6, 6.07) is 5.85. The highest BCUT2D eigenvalue weighted by molar-refractivity contribution is 5.77. The van der Waals surface area contributed by atoms with Crippen molar-refractivity contribution < 1.29 is 27.8 Å². The molecule has 0 bridgehead atoms. The molecular formula is C15H20F3NO3. The summed E-state index contributed by atoms with van der Waals surface area (Å²) in [4.78, 5) is 11.1. The lowest BCUT2D eigenvalue weighted by atomic mass is 9.84. The van der Waals surface area contributed by atoms with Crippen LogP contribution in [0.5, 0.6) is 5.75 Å². The Morgan fingerprint density at radius 2 is 1.95 bits per heavy atom. The van der Waals surface area contributed by atoms with Crippen molar-refractivity contribution in [2.24, 2.45) is 11.7 Å². The van der Waals surface area contributed by atoms with Gasteiger partial charge in [-0.3, -0.25) is 4.79 Å². The number of ether oxygens (including phenoxy) is 1. The number of halogens is 3. The van der Waals surface area contributed by atoms with Gasteiger partial charge in [0, 0.05) is 0 Å². The van der Waals surface area contributed by atoms with Gasteiger partial charge in [-0.25, -0.2) is 0 Å². The summed E-state index contributed by atoms with van der Waals surface area (Å²) in [6.45, 7) is 3.24. The summed E-state index contributed by atoms with van der Waals surface area (Å²) in [6.07, 6.45) is -3.73. The van der Waals surface area contributed by atoms with E-state index in [0.29, 0.717) is 12.0 Å². The number of benzene rings is 1. The molecule has 0 aliphatic carbocycles. The molecule has 0 fully saturated rings. The fourth-order valence-electron chi connectivity index (χ4n) is 2.26. The second-order valence-electron chi connectivity index (χ2n) is 5.56. The minimum Gasteiger partial charge on any atom is -0.480 e. The third-order valence-electron chi connectivity index (χ3n) is 3.49.